The van der Waals surface area contributed by atoms with Crippen LogP contribution in [0.2, 0.25) is 0 Å². The van der Waals surface area contributed by atoms with Crippen LogP contribution in [-0.2, 0) is 11.2 Å². The first-order valence-electron chi connectivity index (χ1n) is 6.52. The molecule has 4 nitrogen and oxygen atoms in total. The van der Waals surface area contributed by atoms with Gasteiger partial charge in [0.15, 0.2) is 0 Å². The summed E-state index contributed by atoms with van der Waals surface area (Å²) in [4.78, 5) is 15.7. The van der Waals surface area contributed by atoms with E-state index in [1.54, 1.807) is 12.4 Å². The molecule has 0 radical (unpaired) electrons. The summed E-state index contributed by atoms with van der Waals surface area (Å²) in [5, 5.41) is 11.8. The van der Waals surface area contributed by atoms with Crippen LogP contribution in [0.25, 0.3) is 0 Å². The molecule has 100 valence electrons. The molecule has 0 bridgehead atoms. The monoisotopic (exact) mass is 250 g/mol. The van der Waals surface area contributed by atoms with Crippen molar-refractivity contribution in [1.29, 1.82) is 0 Å². The maximum atomic E-state index is 11.6. The number of carbonyl (C=O) groups excluding carboxylic acids is 1. The van der Waals surface area contributed by atoms with E-state index >= 15 is 0 Å². The maximum Gasteiger partial charge on any atom is 0.220 e. The summed E-state index contributed by atoms with van der Waals surface area (Å²) in [6, 6.07) is 3.85. The molecule has 0 saturated heterocycles. The van der Waals surface area contributed by atoms with Gasteiger partial charge in [0.1, 0.15) is 0 Å². The third-order valence-corrected chi connectivity index (χ3v) is 3.07. The van der Waals surface area contributed by atoms with Gasteiger partial charge in [-0.1, -0.05) is 19.4 Å². The lowest BCUT2D eigenvalue weighted by atomic mass is 10.0. The number of aliphatic hydroxyl groups excluding tert-OH is 1. The molecule has 0 aromatic carbocycles. The Morgan fingerprint density at radius 2 is 2.39 bits per heavy atom. The Bertz CT molecular complexity index is 341. The lowest BCUT2D eigenvalue weighted by Crippen LogP contribution is -2.29. The minimum absolute atomic E-state index is 0.0650. The maximum absolute atomic E-state index is 11.6. The van der Waals surface area contributed by atoms with Crippen LogP contribution in [0, 0.1) is 5.92 Å². The number of nitrogens with one attached hydrogen (secondary N) is 1. The lowest BCUT2D eigenvalue weighted by molar-refractivity contribution is -0.121. The highest BCUT2D eigenvalue weighted by atomic mass is 16.3. The largest absolute Gasteiger partial charge is 0.396 e. The molecule has 0 spiro atoms. The molecule has 0 aliphatic carbocycles. The van der Waals surface area contributed by atoms with Crippen LogP contribution in [0.1, 0.15) is 31.7 Å². The van der Waals surface area contributed by atoms with E-state index in [9.17, 15) is 4.79 Å². The lowest BCUT2D eigenvalue weighted by Gasteiger charge is -2.14. The predicted octanol–water partition coefficient (Wildman–Crippen LogP) is 1.54. The van der Waals surface area contributed by atoms with E-state index in [2.05, 4.69) is 17.2 Å². The zero-order valence-electron chi connectivity index (χ0n) is 10.9. The van der Waals surface area contributed by atoms with Gasteiger partial charge >= 0.3 is 0 Å². The number of aryl methyl sites for hydroxylation is 1. The average Bonchev–Trinajstić information content (AvgIpc) is 2.42. The van der Waals surface area contributed by atoms with E-state index < -0.39 is 0 Å². The highest BCUT2D eigenvalue weighted by Crippen LogP contribution is 2.06. The molecule has 1 amide bonds. The molecule has 0 saturated carbocycles. The number of rotatable bonds is 8. The zero-order chi connectivity index (χ0) is 13.2. The molecule has 0 fully saturated rings. The van der Waals surface area contributed by atoms with Crippen LogP contribution in [0.4, 0.5) is 0 Å². The summed E-state index contributed by atoms with van der Waals surface area (Å²) in [5.74, 6) is 0.438. The summed E-state index contributed by atoms with van der Waals surface area (Å²) in [7, 11) is 0. The fourth-order valence-electron chi connectivity index (χ4n) is 1.78. The third-order valence-electron chi connectivity index (χ3n) is 3.07. The topological polar surface area (TPSA) is 62.2 Å². The summed E-state index contributed by atoms with van der Waals surface area (Å²) >= 11 is 0. The molecule has 1 rings (SSSR count). The van der Waals surface area contributed by atoms with E-state index in [4.69, 9.17) is 5.11 Å². The van der Waals surface area contributed by atoms with Crippen molar-refractivity contribution in [2.75, 3.05) is 13.2 Å². The average molecular weight is 250 g/mol. The molecule has 1 aromatic rings. The van der Waals surface area contributed by atoms with Gasteiger partial charge in [0.2, 0.25) is 5.91 Å². The minimum atomic E-state index is 0.0650. The first-order chi connectivity index (χ1) is 8.76. The number of nitrogens with zero attached hydrogens (tertiary/aromatic N) is 1. The van der Waals surface area contributed by atoms with Gasteiger partial charge in [0.05, 0.1) is 0 Å². The van der Waals surface area contributed by atoms with Crippen molar-refractivity contribution in [2.24, 2.45) is 5.92 Å². The molecule has 1 heterocycles. The summed E-state index contributed by atoms with van der Waals surface area (Å²) in [6.45, 7) is 2.91. The number of amides is 1. The fourth-order valence-corrected chi connectivity index (χ4v) is 1.78. The van der Waals surface area contributed by atoms with E-state index in [-0.39, 0.29) is 12.5 Å². The fraction of sp³-hybridized carbons (Fsp3) is 0.571. The smallest absolute Gasteiger partial charge is 0.220 e. The number of pyridine rings is 1. The van der Waals surface area contributed by atoms with Crippen LogP contribution in [-0.4, -0.2) is 29.1 Å². The van der Waals surface area contributed by atoms with Crippen LogP contribution < -0.4 is 5.32 Å². The van der Waals surface area contributed by atoms with E-state index in [0.29, 0.717) is 18.9 Å². The second-order valence-electron chi connectivity index (χ2n) is 4.45. The van der Waals surface area contributed by atoms with Crippen molar-refractivity contribution < 1.29 is 9.90 Å². The second-order valence-corrected chi connectivity index (χ2v) is 4.45. The van der Waals surface area contributed by atoms with Gasteiger partial charge in [0.25, 0.3) is 0 Å². The Labute approximate surface area is 108 Å². The minimum Gasteiger partial charge on any atom is -0.396 e. The number of carbonyl (C=O) groups is 1. The molecular weight excluding hydrogens is 228 g/mol. The number of hydrogen-bond donors (Lipinski definition) is 2. The van der Waals surface area contributed by atoms with Crippen LogP contribution >= 0.6 is 0 Å². The summed E-state index contributed by atoms with van der Waals surface area (Å²) in [6.07, 6.45) is 6.44. The first kappa shape index (κ1) is 14.6. The van der Waals surface area contributed by atoms with Gasteiger partial charge in [-0.2, -0.15) is 0 Å². The third kappa shape index (κ3) is 5.77. The van der Waals surface area contributed by atoms with Crippen LogP contribution in [0.5, 0.6) is 0 Å². The number of aliphatic hydroxyl groups is 1. The van der Waals surface area contributed by atoms with Crippen molar-refractivity contribution in [1.82, 2.24) is 10.3 Å². The highest BCUT2D eigenvalue weighted by Gasteiger charge is 2.08. The standard InChI is InChI=1S/C14H22N2O2/c1-2-12(7-9-17)11-16-14(18)6-5-13-4-3-8-15-10-13/h3-4,8,10,12,17H,2,5-7,9,11H2,1H3,(H,16,18). The van der Waals surface area contributed by atoms with Gasteiger partial charge in [0, 0.05) is 32.0 Å². The second kappa shape index (κ2) is 8.64. The van der Waals surface area contributed by atoms with E-state index in [1.807, 2.05) is 12.1 Å². The SMILES string of the molecule is CCC(CCO)CNC(=O)CCc1cccnc1. The van der Waals surface area contributed by atoms with Gasteiger partial charge in [-0.15, -0.1) is 0 Å². The summed E-state index contributed by atoms with van der Waals surface area (Å²) in [5.41, 5.74) is 1.08. The van der Waals surface area contributed by atoms with E-state index in [1.165, 1.54) is 0 Å². The molecule has 1 atom stereocenters. The van der Waals surface area contributed by atoms with Crippen molar-refractivity contribution in [2.45, 2.75) is 32.6 Å². The molecule has 2 N–H and O–H groups in total. The predicted molar refractivity (Wildman–Crippen MR) is 71.1 cm³/mol. The van der Waals surface area contributed by atoms with Crippen molar-refractivity contribution in [3.8, 4) is 0 Å². The Morgan fingerprint density at radius 3 is 3.00 bits per heavy atom. The van der Waals surface area contributed by atoms with Crippen molar-refractivity contribution in [3.05, 3.63) is 30.1 Å². The molecule has 1 aromatic heterocycles. The Kier molecular flexibility index (Phi) is 7.03. The van der Waals surface area contributed by atoms with Crippen molar-refractivity contribution in [3.63, 3.8) is 0 Å². The number of hydrogen-bond acceptors (Lipinski definition) is 3. The first-order valence-corrected chi connectivity index (χ1v) is 6.52. The molecule has 0 aliphatic heterocycles. The molecule has 18 heavy (non-hydrogen) atoms. The molecular formula is C14H22N2O2. The highest BCUT2D eigenvalue weighted by molar-refractivity contribution is 5.76. The quantitative estimate of drug-likeness (QED) is 0.735. The van der Waals surface area contributed by atoms with Crippen LogP contribution in [0.3, 0.4) is 0 Å². The Hall–Kier alpha value is -1.42. The normalized spacial score (nSPS) is 12.1. The van der Waals surface area contributed by atoms with Gasteiger partial charge in [-0.25, -0.2) is 0 Å². The Morgan fingerprint density at radius 1 is 1.56 bits per heavy atom. The van der Waals surface area contributed by atoms with Gasteiger partial charge in [-0.3, -0.25) is 9.78 Å². The number of aromatic nitrogens is 1. The van der Waals surface area contributed by atoms with Crippen molar-refractivity contribution >= 4 is 5.91 Å². The molecule has 0 aliphatic rings. The summed E-state index contributed by atoms with van der Waals surface area (Å²) < 4.78 is 0. The zero-order valence-corrected chi connectivity index (χ0v) is 10.9. The van der Waals surface area contributed by atoms with Gasteiger partial charge in [-0.05, 0) is 30.4 Å². The molecule has 1 unspecified atom stereocenters. The Balaban J connectivity index is 2.21. The molecule has 4 heteroatoms. The van der Waals surface area contributed by atoms with Gasteiger partial charge < -0.3 is 10.4 Å². The van der Waals surface area contributed by atoms with Crippen LogP contribution in [0.15, 0.2) is 24.5 Å². The van der Waals surface area contributed by atoms with E-state index in [0.717, 1.165) is 24.8 Å².